The summed E-state index contributed by atoms with van der Waals surface area (Å²) in [5, 5.41) is 5.71. The first kappa shape index (κ1) is 32.4. The maximum Gasteiger partial charge on any atom is 0.341 e. The van der Waals surface area contributed by atoms with E-state index < -0.39 is 22.9 Å². The normalized spacial score (nSPS) is 15.1. The zero-order chi connectivity index (χ0) is 32.1. The largest absolute Gasteiger partial charge is 0.462 e. The molecule has 0 saturated carbocycles. The summed E-state index contributed by atoms with van der Waals surface area (Å²) in [5.74, 6) is -1.38. The lowest BCUT2D eigenvalue weighted by molar-refractivity contribution is -0.115. The molecule has 4 aromatic rings. The Bertz CT molecular complexity index is 1700. The number of ether oxygens (including phenoxy) is 1. The summed E-state index contributed by atoms with van der Waals surface area (Å²) in [6, 6.07) is 22.3. The molecule has 5 rings (SSSR count). The van der Waals surface area contributed by atoms with Gasteiger partial charge >= 0.3 is 5.97 Å². The zero-order valence-electron chi connectivity index (χ0n) is 25.8. The van der Waals surface area contributed by atoms with E-state index in [-0.39, 0.29) is 23.5 Å². The van der Waals surface area contributed by atoms with Crippen LogP contribution in [-0.4, -0.2) is 24.4 Å². The number of hydrogen-bond donors (Lipinski definition) is 2. The van der Waals surface area contributed by atoms with Gasteiger partial charge in [-0.15, -0.1) is 23.1 Å². The molecule has 1 heterocycles. The van der Waals surface area contributed by atoms with Gasteiger partial charge in [0.1, 0.15) is 16.1 Å². The van der Waals surface area contributed by atoms with Gasteiger partial charge in [0.25, 0.3) is 5.91 Å². The van der Waals surface area contributed by atoms with Crippen molar-refractivity contribution >= 4 is 51.6 Å². The minimum absolute atomic E-state index is 0.0537. The quantitative estimate of drug-likeness (QED) is 0.140. The molecule has 0 radical (unpaired) electrons. The average molecular weight is 645 g/mol. The first-order valence-corrected chi connectivity index (χ1v) is 16.7. The van der Waals surface area contributed by atoms with Crippen molar-refractivity contribution in [3.63, 3.8) is 0 Å². The Balaban J connectivity index is 1.42. The molecule has 0 bridgehead atoms. The van der Waals surface area contributed by atoms with Crippen molar-refractivity contribution in [3.8, 4) is 0 Å². The van der Waals surface area contributed by atoms with Gasteiger partial charge in [-0.2, -0.15) is 0 Å². The molecule has 3 aromatic carbocycles. The van der Waals surface area contributed by atoms with Crippen LogP contribution in [0.25, 0.3) is 0 Å². The van der Waals surface area contributed by atoms with Gasteiger partial charge in [0.05, 0.1) is 17.7 Å². The highest BCUT2D eigenvalue weighted by Gasteiger charge is 2.35. The van der Waals surface area contributed by atoms with Crippen LogP contribution in [0.15, 0.2) is 83.8 Å². The highest BCUT2D eigenvalue weighted by molar-refractivity contribution is 8.00. The molecule has 0 saturated heterocycles. The van der Waals surface area contributed by atoms with E-state index in [0.717, 1.165) is 40.2 Å². The predicted octanol–water partition coefficient (Wildman–Crippen LogP) is 8.94. The Morgan fingerprint density at radius 2 is 1.73 bits per heavy atom. The molecule has 2 atom stereocenters. The first-order valence-electron chi connectivity index (χ1n) is 15.0. The molecule has 2 unspecified atom stereocenters. The second-order valence-electron chi connectivity index (χ2n) is 12.1. The summed E-state index contributed by atoms with van der Waals surface area (Å²) in [5.41, 5.74) is 2.79. The molecule has 2 N–H and O–H groups in total. The van der Waals surface area contributed by atoms with Crippen LogP contribution < -0.4 is 10.6 Å². The molecule has 45 heavy (non-hydrogen) atoms. The van der Waals surface area contributed by atoms with Crippen molar-refractivity contribution in [3.05, 3.63) is 112 Å². The lowest BCUT2D eigenvalue weighted by Gasteiger charge is -2.33. The Labute approximate surface area is 271 Å². The van der Waals surface area contributed by atoms with E-state index in [4.69, 9.17) is 4.74 Å². The van der Waals surface area contributed by atoms with E-state index in [1.54, 1.807) is 31.2 Å². The first-order chi connectivity index (χ1) is 21.5. The Morgan fingerprint density at radius 3 is 2.44 bits per heavy atom. The SMILES string of the molecule is CCOC(=O)c1c(NC(=O)C(Sc2cccc(NC(=O)c3ccccc3F)c2)c2ccccc2)sc2c1CCC(C(C)(C)C)C2. The van der Waals surface area contributed by atoms with Gasteiger partial charge in [-0.3, -0.25) is 9.59 Å². The molecule has 234 valence electrons. The number of carbonyl (C=O) groups is 3. The Morgan fingerprint density at radius 1 is 1.00 bits per heavy atom. The molecule has 0 aliphatic heterocycles. The Kier molecular flexibility index (Phi) is 10.1. The molecule has 1 aromatic heterocycles. The minimum atomic E-state index is -0.666. The van der Waals surface area contributed by atoms with E-state index in [2.05, 4.69) is 31.4 Å². The van der Waals surface area contributed by atoms with Gasteiger partial charge in [0, 0.05) is 15.5 Å². The van der Waals surface area contributed by atoms with Crippen molar-refractivity contribution in [2.75, 3.05) is 17.2 Å². The summed E-state index contributed by atoms with van der Waals surface area (Å²) in [6.07, 6.45) is 2.59. The summed E-state index contributed by atoms with van der Waals surface area (Å²) >= 11 is 2.79. The van der Waals surface area contributed by atoms with Gasteiger partial charge in [-0.25, -0.2) is 9.18 Å². The van der Waals surface area contributed by atoms with Gasteiger partial charge in [-0.05, 0) is 79.0 Å². The van der Waals surface area contributed by atoms with Gasteiger partial charge in [-0.1, -0.05) is 69.3 Å². The average Bonchev–Trinajstić information content (AvgIpc) is 3.37. The third kappa shape index (κ3) is 7.65. The van der Waals surface area contributed by atoms with Gasteiger partial charge in [0.15, 0.2) is 0 Å². The molecule has 1 aliphatic rings. The number of halogens is 1. The van der Waals surface area contributed by atoms with E-state index in [1.807, 2.05) is 36.4 Å². The Hall–Kier alpha value is -3.95. The van der Waals surface area contributed by atoms with E-state index in [0.29, 0.717) is 22.2 Å². The third-order valence-electron chi connectivity index (χ3n) is 8.01. The van der Waals surface area contributed by atoms with Crippen LogP contribution in [0.5, 0.6) is 0 Å². The number of hydrogen-bond acceptors (Lipinski definition) is 6. The third-order valence-corrected chi connectivity index (χ3v) is 10.4. The summed E-state index contributed by atoms with van der Waals surface area (Å²) in [6.45, 7) is 8.75. The molecular formula is C36H37FN2O4S2. The lowest BCUT2D eigenvalue weighted by atomic mass is 9.72. The predicted molar refractivity (Wildman–Crippen MR) is 180 cm³/mol. The standard InChI is InChI=1S/C36H37FN2O4S2/c1-5-43-35(42)30-27-19-18-23(36(2,3)4)20-29(27)45-34(30)39-33(41)31(22-12-7-6-8-13-22)44-25-15-11-14-24(21-25)38-32(40)26-16-9-10-17-28(26)37/h6-17,21,23,31H,5,18-20H2,1-4H3,(H,38,40)(H,39,41). The number of carbonyl (C=O) groups excluding carboxylic acids is 3. The number of amides is 2. The number of fused-ring (bicyclic) bond motifs is 1. The van der Waals surface area contributed by atoms with E-state index in [1.165, 1.54) is 41.3 Å². The van der Waals surface area contributed by atoms with Crippen molar-refractivity contribution < 1.29 is 23.5 Å². The second kappa shape index (κ2) is 14.0. The van der Waals surface area contributed by atoms with Crippen molar-refractivity contribution in [2.45, 2.75) is 57.1 Å². The van der Waals surface area contributed by atoms with Gasteiger partial charge in [0.2, 0.25) is 5.91 Å². The molecule has 9 heteroatoms. The number of thiophene rings is 1. The van der Waals surface area contributed by atoms with Crippen molar-refractivity contribution in [1.29, 1.82) is 0 Å². The van der Waals surface area contributed by atoms with Crippen LogP contribution >= 0.6 is 23.1 Å². The van der Waals surface area contributed by atoms with E-state index >= 15 is 0 Å². The molecular weight excluding hydrogens is 608 g/mol. The maximum atomic E-state index is 14.2. The van der Waals surface area contributed by atoms with Crippen LogP contribution in [0.4, 0.5) is 15.1 Å². The van der Waals surface area contributed by atoms with Crippen molar-refractivity contribution in [1.82, 2.24) is 0 Å². The fourth-order valence-corrected chi connectivity index (χ4v) is 7.94. The highest BCUT2D eigenvalue weighted by atomic mass is 32.2. The van der Waals surface area contributed by atoms with E-state index in [9.17, 15) is 18.8 Å². The number of esters is 1. The molecule has 0 spiro atoms. The molecule has 0 fully saturated rings. The van der Waals surface area contributed by atoms with Crippen LogP contribution in [0, 0.1) is 17.2 Å². The molecule has 1 aliphatic carbocycles. The fourth-order valence-electron chi connectivity index (χ4n) is 5.54. The number of benzene rings is 3. The number of rotatable bonds is 9. The number of nitrogens with one attached hydrogen (secondary N) is 2. The monoisotopic (exact) mass is 644 g/mol. The van der Waals surface area contributed by atoms with Crippen LogP contribution in [0.2, 0.25) is 0 Å². The number of thioether (sulfide) groups is 1. The van der Waals surface area contributed by atoms with Gasteiger partial charge < -0.3 is 15.4 Å². The van der Waals surface area contributed by atoms with Crippen LogP contribution in [-0.2, 0) is 22.4 Å². The lowest BCUT2D eigenvalue weighted by Crippen LogP contribution is -2.26. The smallest absolute Gasteiger partial charge is 0.341 e. The molecule has 6 nitrogen and oxygen atoms in total. The summed E-state index contributed by atoms with van der Waals surface area (Å²) in [7, 11) is 0. The highest BCUT2D eigenvalue weighted by Crippen LogP contribution is 2.45. The minimum Gasteiger partial charge on any atom is -0.462 e. The summed E-state index contributed by atoms with van der Waals surface area (Å²) in [4.78, 5) is 41.9. The zero-order valence-corrected chi connectivity index (χ0v) is 27.4. The van der Waals surface area contributed by atoms with Crippen LogP contribution in [0.3, 0.4) is 0 Å². The fraction of sp³-hybridized carbons (Fsp3) is 0.306. The summed E-state index contributed by atoms with van der Waals surface area (Å²) < 4.78 is 19.6. The second-order valence-corrected chi connectivity index (χ2v) is 14.4. The number of anilines is 2. The van der Waals surface area contributed by atoms with Crippen molar-refractivity contribution in [2.24, 2.45) is 11.3 Å². The maximum absolute atomic E-state index is 14.2. The van der Waals surface area contributed by atoms with Crippen LogP contribution in [0.1, 0.15) is 76.1 Å². The molecule has 2 amide bonds. The topological polar surface area (TPSA) is 84.5 Å².